The van der Waals surface area contributed by atoms with Crippen molar-refractivity contribution in [2.45, 2.75) is 69.1 Å². The number of likely N-dealkylation sites (tertiary alicyclic amines) is 1. The van der Waals surface area contributed by atoms with Crippen LogP contribution in [0.3, 0.4) is 0 Å². The number of nitrogens with one attached hydrogen (secondary N) is 1. The van der Waals surface area contributed by atoms with Crippen molar-refractivity contribution in [3.05, 3.63) is 48.0 Å². The summed E-state index contributed by atoms with van der Waals surface area (Å²) in [6.45, 7) is 1.50. The molecule has 3 fully saturated rings. The van der Waals surface area contributed by atoms with Gasteiger partial charge >= 0.3 is 6.09 Å². The van der Waals surface area contributed by atoms with Gasteiger partial charge in [-0.05, 0) is 37.2 Å². The van der Waals surface area contributed by atoms with Gasteiger partial charge in [0, 0.05) is 32.0 Å². The van der Waals surface area contributed by atoms with Crippen molar-refractivity contribution in [2.24, 2.45) is 5.92 Å². The Morgan fingerprint density at radius 2 is 1.83 bits per heavy atom. The second kappa shape index (κ2) is 11.6. The van der Waals surface area contributed by atoms with Gasteiger partial charge in [-0.25, -0.2) is 19.7 Å². The number of piperidine rings is 1. The third-order valence-electron chi connectivity index (χ3n) is 7.99. The van der Waals surface area contributed by atoms with Crippen LogP contribution in [0.5, 0.6) is 0 Å². The lowest BCUT2D eigenvalue weighted by Crippen LogP contribution is -2.43. The number of rotatable bonds is 8. The fourth-order valence-electron chi connectivity index (χ4n) is 5.45. The molecule has 218 valence electrons. The third kappa shape index (κ3) is 5.97. The minimum Gasteiger partial charge on any atom is -0.449 e. The molecule has 2 amide bonds. The summed E-state index contributed by atoms with van der Waals surface area (Å²) in [6, 6.07) is 10.0. The number of amides is 2. The first kappa shape index (κ1) is 27.4. The Hall–Kier alpha value is -3.81. The molecular weight excluding hydrogens is 530 g/mol. The number of hydrogen-bond acceptors (Lipinski definition) is 10. The van der Waals surface area contributed by atoms with Crippen LogP contribution in [0.4, 0.5) is 10.6 Å². The van der Waals surface area contributed by atoms with Crippen LogP contribution < -0.4 is 11.1 Å². The summed E-state index contributed by atoms with van der Waals surface area (Å²) in [7, 11) is 0. The number of nitrogens with two attached hydrogens (primary N) is 1. The minimum atomic E-state index is -1.40. The molecule has 2 saturated heterocycles. The lowest BCUT2D eigenvalue weighted by atomic mass is 9.93. The molecule has 2 aliphatic heterocycles. The van der Waals surface area contributed by atoms with Gasteiger partial charge in [-0.2, -0.15) is 0 Å². The van der Waals surface area contributed by atoms with E-state index in [0.717, 1.165) is 31.2 Å². The molecule has 3 aliphatic rings. The van der Waals surface area contributed by atoms with Crippen LogP contribution in [0.1, 0.15) is 43.3 Å². The van der Waals surface area contributed by atoms with E-state index in [0.29, 0.717) is 49.5 Å². The number of carbonyl (C=O) groups is 2. The monoisotopic (exact) mass is 565 g/mol. The van der Waals surface area contributed by atoms with Crippen molar-refractivity contribution < 1.29 is 29.3 Å². The van der Waals surface area contributed by atoms with Crippen LogP contribution in [0.2, 0.25) is 0 Å². The summed E-state index contributed by atoms with van der Waals surface area (Å²) in [4.78, 5) is 40.2. The number of anilines is 1. The summed E-state index contributed by atoms with van der Waals surface area (Å²) in [6.07, 6.45) is 0.630. The number of hydrogen-bond donors (Lipinski definition) is 4. The first-order valence-electron chi connectivity index (χ1n) is 14.1. The van der Waals surface area contributed by atoms with E-state index < -0.39 is 30.4 Å². The maximum atomic E-state index is 12.5. The van der Waals surface area contributed by atoms with Crippen LogP contribution in [0.15, 0.2) is 36.7 Å². The second-order valence-electron chi connectivity index (χ2n) is 11.0. The summed E-state index contributed by atoms with van der Waals surface area (Å²) in [5.74, 6) is 0.491. The van der Waals surface area contributed by atoms with Gasteiger partial charge in [-0.15, -0.1) is 0 Å². The number of benzene rings is 1. The van der Waals surface area contributed by atoms with Gasteiger partial charge in [0.25, 0.3) is 5.91 Å². The highest BCUT2D eigenvalue weighted by atomic mass is 16.6. The van der Waals surface area contributed by atoms with Crippen molar-refractivity contribution in [2.75, 3.05) is 25.4 Å². The predicted molar refractivity (Wildman–Crippen MR) is 146 cm³/mol. The standard InChI is InChI=1S/C28H35N7O6/c29-24-20-25(35(15-30-20)27-22(37)21(36)23(41-27)26(38)31-18-6-7-18)33-19(32-24)14-17-8-11-34(12-9-17)28(39)40-13-10-16-4-2-1-3-5-16/h1-5,15,17-18,21-23,27,36-37H,6-14H2,(H,31,38)(H2,29,32,33)/t21?,22?,23-,27+/m0/s1. The maximum absolute atomic E-state index is 12.5. The van der Waals surface area contributed by atoms with Gasteiger partial charge < -0.3 is 35.6 Å². The Balaban J connectivity index is 1.06. The highest BCUT2D eigenvalue weighted by Crippen LogP contribution is 2.33. The van der Waals surface area contributed by atoms with Crippen molar-refractivity contribution in [3.8, 4) is 0 Å². The van der Waals surface area contributed by atoms with Gasteiger partial charge in [0.05, 0.1) is 12.9 Å². The van der Waals surface area contributed by atoms with Crippen LogP contribution in [-0.4, -0.2) is 90.7 Å². The number of aliphatic hydroxyl groups excluding tert-OH is 2. The van der Waals surface area contributed by atoms with E-state index in [1.807, 2.05) is 30.3 Å². The van der Waals surface area contributed by atoms with Crippen LogP contribution >= 0.6 is 0 Å². The van der Waals surface area contributed by atoms with Crippen LogP contribution in [0.25, 0.3) is 11.2 Å². The molecule has 0 radical (unpaired) electrons. The quantitative estimate of drug-likeness (QED) is 0.307. The maximum Gasteiger partial charge on any atom is 0.409 e. The lowest BCUT2D eigenvalue weighted by molar-refractivity contribution is -0.137. The molecule has 0 bridgehead atoms. The van der Waals surface area contributed by atoms with Crippen LogP contribution in [0, 0.1) is 5.92 Å². The molecule has 13 nitrogen and oxygen atoms in total. The molecule has 1 aromatic carbocycles. The van der Waals surface area contributed by atoms with E-state index in [2.05, 4.69) is 20.3 Å². The van der Waals surface area contributed by atoms with Gasteiger partial charge in [-0.1, -0.05) is 30.3 Å². The first-order valence-corrected chi connectivity index (χ1v) is 14.1. The smallest absolute Gasteiger partial charge is 0.409 e. The number of fused-ring (bicyclic) bond motifs is 1. The molecule has 2 aromatic heterocycles. The van der Waals surface area contributed by atoms with E-state index in [-0.39, 0.29) is 23.9 Å². The number of carbonyl (C=O) groups excluding carboxylic acids is 2. The van der Waals surface area contributed by atoms with E-state index in [1.54, 1.807) is 4.90 Å². The van der Waals surface area contributed by atoms with E-state index >= 15 is 0 Å². The third-order valence-corrected chi connectivity index (χ3v) is 7.99. The summed E-state index contributed by atoms with van der Waals surface area (Å²) in [5, 5.41) is 24.0. The van der Waals surface area contributed by atoms with Gasteiger partial charge in [0.15, 0.2) is 23.8 Å². The molecule has 4 heterocycles. The number of aromatic nitrogens is 4. The number of nitrogens with zero attached hydrogens (tertiary/aromatic N) is 5. The second-order valence-corrected chi connectivity index (χ2v) is 11.0. The Bertz CT molecular complexity index is 1390. The fraction of sp³-hybridized carbons (Fsp3) is 0.536. The zero-order chi connectivity index (χ0) is 28.5. The van der Waals surface area contributed by atoms with Crippen molar-refractivity contribution >= 4 is 29.0 Å². The zero-order valence-corrected chi connectivity index (χ0v) is 22.6. The Morgan fingerprint density at radius 3 is 2.56 bits per heavy atom. The molecule has 5 N–H and O–H groups in total. The fourth-order valence-corrected chi connectivity index (χ4v) is 5.45. The zero-order valence-electron chi connectivity index (χ0n) is 22.6. The van der Waals surface area contributed by atoms with Gasteiger partial charge in [0.1, 0.15) is 23.5 Å². The Morgan fingerprint density at radius 1 is 1.07 bits per heavy atom. The van der Waals surface area contributed by atoms with E-state index in [4.69, 9.17) is 15.2 Å². The molecule has 6 rings (SSSR count). The first-order chi connectivity index (χ1) is 19.9. The highest BCUT2D eigenvalue weighted by Gasteiger charge is 2.48. The van der Waals surface area contributed by atoms with Crippen LogP contribution in [-0.2, 0) is 27.1 Å². The number of ether oxygens (including phenoxy) is 2. The average Bonchev–Trinajstić information content (AvgIpc) is 3.61. The molecule has 2 unspecified atom stereocenters. The predicted octanol–water partition coefficient (Wildman–Crippen LogP) is 0.940. The Labute approximate surface area is 236 Å². The average molecular weight is 566 g/mol. The summed E-state index contributed by atoms with van der Waals surface area (Å²) >= 11 is 0. The van der Waals surface area contributed by atoms with Gasteiger partial charge in [-0.3, -0.25) is 9.36 Å². The van der Waals surface area contributed by atoms with Crippen molar-refractivity contribution in [3.63, 3.8) is 0 Å². The lowest BCUT2D eigenvalue weighted by Gasteiger charge is -2.31. The molecule has 1 aliphatic carbocycles. The highest BCUT2D eigenvalue weighted by molar-refractivity contribution is 5.83. The number of aliphatic hydroxyl groups is 2. The topological polar surface area (TPSA) is 178 Å². The minimum absolute atomic E-state index is 0.0933. The molecule has 4 atom stereocenters. The largest absolute Gasteiger partial charge is 0.449 e. The number of nitrogen functional groups attached to an aromatic ring is 1. The molecular formula is C28H35N7O6. The summed E-state index contributed by atoms with van der Waals surface area (Å²) < 4.78 is 12.8. The van der Waals surface area contributed by atoms with Crippen molar-refractivity contribution in [1.29, 1.82) is 0 Å². The molecule has 41 heavy (non-hydrogen) atoms. The summed E-state index contributed by atoms with van der Waals surface area (Å²) in [5.41, 5.74) is 8.03. The normalized spacial score (nSPS) is 25.0. The SMILES string of the molecule is Nc1nc(CC2CCN(C(=O)OCCc3ccccc3)CC2)nc2c1ncn2[C@@H]1O[C@H](C(=O)NC2CC2)C(O)C1O. The Kier molecular flexibility index (Phi) is 7.73. The molecule has 13 heteroatoms. The van der Waals surface area contributed by atoms with E-state index in [1.165, 1.54) is 10.9 Å². The van der Waals surface area contributed by atoms with E-state index in [9.17, 15) is 19.8 Å². The van der Waals surface area contributed by atoms with Crippen molar-refractivity contribution in [1.82, 2.24) is 29.7 Å². The molecule has 1 saturated carbocycles. The molecule has 0 spiro atoms. The number of imidazole rings is 1. The van der Waals surface area contributed by atoms with Gasteiger partial charge in [0.2, 0.25) is 0 Å². The molecule has 3 aromatic rings.